The molecule has 0 aromatic carbocycles. The molecule has 0 aliphatic rings. The Bertz CT molecular complexity index is 466. The van der Waals surface area contributed by atoms with E-state index in [0.29, 0.717) is 6.42 Å². The molecule has 29 heavy (non-hydrogen) atoms. The van der Waals surface area contributed by atoms with Crippen molar-refractivity contribution in [2.45, 2.75) is 103 Å². The maximum atomic E-state index is 13.3. The normalized spacial score (nSPS) is 13.1. The molecule has 0 amide bonds. The van der Waals surface area contributed by atoms with Crippen LogP contribution in [0.4, 0.5) is 4.39 Å². The van der Waals surface area contributed by atoms with Crippen molar-refractivity contribution in [2.24, 2.45) is 0 Å². The van der Waals surface area contributed by atoms with Crippen LogP contribution >= 0.6 is 7.82 Å². The van der Waals surface area contributed by atoms with Crippen LogP contribution in [-0.4, -0.2) is 35.1 Å². The number of ether oxygens (including phenoxy) is 1. The lowest BCUT2D eigenvalue weighted by Crippen LogP contribution is -2.19. The molecule has 0 unspecified atom stereocenters. The predicted molar refractivity (Wildman–Crippen MR) is 113 cm³/mol. The fourth-order valence-corrected chi connectivity index (χ4v) is 3.18. The van der Waals surface area contributed by atoms with Crippen molar-refractivity contribution in [3.63, 3.8) is 0 Å². The van der Waals surface area contributed by atoms with Gasteiger partial charge in [-0.3, -0.25) is 9.32 Å². The number of allylic oxidation sites excluding steroid dienone is 2. The molecule has 0 radical (unpaired) electrons. The summed E-state index contributed by atoms with van der Waals surface area (Å²) in [5.74, 6) is -0.499. The summed E-state index contributed by atoms with van der Waals surface area (Å²) < 4.78 is 32.4. The second-order valence-corrected chi connectivity index (χ2v) is 8.64. The third kappa shape index (κ3) is 23.4. The van der Waals surface area contributed by atoms with E-state index in [1.165, 1.54) is 44.9 Å². The molecule has 2 N–H and O–H groups in total. The van der Waals surface area contributed by atoms with Gasteiger partial charge in [-0.2, -0.15) is 0 Å². The smallest absolute Gasteiger partial charge is 0.462 e. The molecule has 0 saturated heterocycles. The highest BCUT2D eigenvalue weighted by molar-refractivity contribution is 7.46. The van der Waals surface area contributed by atoms with E-state index in [2.05, 4.69) is 23.6 Å². The largest absolute Gasteiger partial charge is 0.469 e. The summed E-state index contributed by atoms with van der Waals surface area (Å²) in [5.41, 5.74) is 0. The summed E-state index contributed by atoms with van der Waals surface area (Å²) in [6, 6.07) is 0. The van der Waals surface area contributed by atoms with Crippen LogP contribution in [0.2, 0.25) is 0 Å². The van der Waals surface area contributed by atoms with E-state index >= 15 is 0 Å². The van der Waals surface area contributed by atoms with Gasteiger partial charge in [-0.25, -0.2) is 8.96 Å². The van der Waals surface area contributed by atoms with Crippen molar-refractivity contribution in [1.29, 1.82) is 0 Å². The number of alkyl halides is 1. The molecule has 0 saturated carbocycles. The third-order valence-electron chi connectivity index (χ3n) is 4.49. The second-order valence-electron chi connectivity index (χ2n) is 7.40. The highest BCUT2D eigenvalue weighted by Gasteiger charge is 2.18. The highest BCUT2D eigenvalue weighted by atomic mass is 31.2. The average Bonchev–Trinajstić information content (AvgIpc) is 2.67. The van der Waals surface area contributed by atoms with Crippen LogP contribution in [0.1, 0.15) is 96.8 Å². The number of carbonyl (C=O) groups excluding carboxylic acids is 1. The first-order valence-electron chi connectivity index (χ1n) is 11.0. The Morgan fingerprint density at radius 2 is 1.41 bits per heavy atom. The van der Waals surface area contributed by atoms with Gasteiger partial charge in [0.2, 0.25) is 0 Å². The topological polar surface area (TPSA) is 93.1 Å². The molecule has 8 heteroatoms. The lowest BCUT2D eigenvalue weighted by Gasteiger charge is -2.10. The average molecular weight is 439 g/mol. The molecule has 0 heterocycles. The second kappa shape index (κ2) is 19.2. The predicted octanol–water partition coefficient (Wildman–Crippen LogP) is 6.01. The van der Waals surface area contributed by atoms with Crippen LogP contribution in [-0.2, 0) is 18.6 Å². The zero-order chi connectivity index (χ0) is 21.8. The summed E-state index contributed by atoms with van der Waals surface area (Å²) in [7, 11) is -4.70. The van der Waals surface area contributed by atoms with Crippen LogP contribution in [0, 0.1) is 0 Å². The Hall–Kier alpha value is -0.750. The number of unbranched alkanes of at least 4 members (excludes halogenated alkanes) is 11. The molecule has 1 atom stereocenters. The van der Waals surface area contributed by atoms with Crippen molar-refractivity contribution in [3.05, 3.63) is 12.2 Å². The summed E-state index contributed by atoms with van der Waals surface area (Å²) in [5, 5.41) is 0. The van der Waals surface area contributed by atoms with Crippen molar-refractivity contribution in [3.8, 4) is 0 Å². The first-order chi connectivity index (χ1) is 13.8. The minimum atomic E-state index is -4.70. The van der Waals surface area contributed by atoms with Gasteiger partial charge in [0.15, 0.2) is 6.17 Å². The molecule has 172 valence electrons. The van der Waals surface area contributed by atoms with Crippen LogP contribution in [0.15, 0.2) is 12.2 Å². The molecule has 0 bridgehead atoms. The van der Waals surface area contributed by atoms with Crippen molar-refractivity contribution >= 4 is 13.8 Å². The van der Waals surface area contributed by atoms with Gasteiger partial charge in [0.05, 0.1) is 6.61 Å². The Kier molecular flexibility index (Phi) is 18.7. The summed E-state index contributed by atoms with van der Waals surface area (Å²) in [6.07, 6.45) is 18.3. The van der Waals surface area contributed by atoms with Crippen molar-refractivity contribution < 1.29 is 32.8 Å². The van der Waals surface area contributed by atoms with Crippen LogP contribution < -0.4 is 0 Å². The summed E-state index contributed by atoms with van der Waals surface area (Å²) >= 11 is 0. The number of esters is 1. The van der Waals surface area contributed by atoms with E-state index in [4.69, 9.17) is 14.5 Å². The fraction of sp³-hybridized carbons (Fsp3) is 0.857. The zero-order valence-corrected chi connectivity index (χ0v) is 18.8. The third-order valence-corrected chi connectivity index (χ3v) is 4.98. The molecule has 0 aromatic rings. The minimum absolute atomic E-state index is 0.226. The van der Waals surface area contributed by atoms with E-state index in [9.17, 15) is 13.8 Å². The van der Waals surface area contributed by atoms with Gasteiger partial charge in [-0.1, -0.05) is 70.4 Å². The molecule has 0 spiro atoms. The monoisotopic (exact) mass is 438 g/mol. The standard InChI is InChI=1S/C21H40FO6P/c1-2-3-4-5-6-7-8-9-10-11-12-13-14-15-16-17-21(23)27-18-20(22)19-28-29(24,25)26/h9-10,20H,2-8,11-19H2,1H3,(H2,24,25,26)/b10-9-/t20-/m1/s1. The molecule has 0 fully saturated rings. The van der Waals surface area contributed by atoms with Gasteiger partial charge in [0.25, 0.3) is 0 Å². The number of halogens is 1. The molecule has 0 aliphatic carbocycles. The lowest BCUT2D eigenvalue weighted by molar-refractivity contribution is -0.145. The number of rotatable bonds is 20. The van der Waals surface area contributed by atoms with Crippen molar-refractivity contribution in [1.82, 2.24) is 0 Å². The summed E-state index contributed by atoms with van der Waals surface area (Å²) in [4.78, 5) is 28.4. The molecule has 0 aliphatic heterocycles. The molecule has 0 aromatic heterocycles. The first-order valence-corrected chi connectivity index (χ1v) is 12.5. The maximum absolute atomic E-state index is 13.3. The van der Waals surface area contributed by atoms with Gasteiger partial charge in [-0.15, -0.1) is 0 Å². The summed E-state index contributed by atoms with van der Waals surface area (Å²) in [6.45, 7) is 0.883. The number of phosphoric ester groups is 1. The number of phosphoric acid groups is 1. The van der Waals surface area contributed by atoms with E-state index < -0.39 is 33.2 Å². The Labute approximate surface area is 175 Å². The van der Waals surface area contributed by atoms with E-state index in [0.717, 1.165) is 32.1 Å². The Balaban J connectivity index is 3.38. The molecular weight excluding hydrogens is 398 g/mol. The zero-order valence-electron chi connectivity index (χ0n) is 17.9. The maximum Gasteiger partial charge on any atom is 0.469 e. The van der Waals surface area contributed by atoms with Crippen LogP contribution in [0.25, 0.3) is 0 Å². The SMILES string of the molecule is CCCCCCCC/C=C\CCCCCCCC(=O)OC[C@@H](F)COP(=O)(O)O. The van der Waals surface area contributed by atoms with E-state index in [-0.39, 0.29) is 6.42 Å². The van der Waals surface area contributed by atoms with Gasteiger partial charge >= 0.3 is 13.8 Å². The molecular formula is C21H40FO6P. The number of hydrogen-bond donors (Lipinski definition) is 2. The van der Waals surface area contributed by atoms with E-state index in [1.807, 2.05) is 0 Å². The van der Waals surface area contributed by atoms with Crippen LogP contribution in [0.5, 0.6) is 0 Å². The molecule has 6 nitrogen and oxygen atoms in total. The van der Waals surface area contributed by atoms with Gasteiger partial charge in [0, 0.05) is 6.42 Å². The lowest BCUT2D eigenvalue weighted by atomic mass is 10.1. The Morgan fingerprint density at radius 1 is 0.897 bits per heavy atom. The number of hydrogen-bond acceptors (Lipinski definition) is 4. The Morgan fingerprint density at radius 3 is 1.97 bits per heavy atom. The fourth-order valence-electron chi connectivity index (χ4n) is 2.82. The van der Waals surface area contributed by atoms with Crippen LogP contribution in [0.3, 0.4) is 0 Å². The van der Waals surface area contributed by atoms with E-state index in [1.54, 1.807) is 0 Å². The molecule has 0 rings (SSSR count). The first kappa shape index (κ1) is 28.2. The minimum Gasteiger partial charge on any atom is -0.462 e. The van der Waals surface area contributed by atoms with Gasteiger partial charge in [-0.05, 0) is 32.1 Å². The number of carbonyl (C=O) groups is 1. The van der Waals surface area contributed by atoms with Gasteiger partial charge < -0.3 is 14.5 Å². The van der Waals surface area contributed by atoms with Crippen molar-refractivity contribution in [2.75, 3.05) is 13.2 Å². The van der Waals surface area contributed by atoms with Gasteiger partial charge in [0.1, 0.15) is 6.61 Å². The quantitative estimate of drug-likeness (QED) is 0.105. The highest BCUT2D eigenvalue weighted by Crippen LogP contribution is 2.35.